The van der Waals surface area contributed by atoms with Crippen LogP contribution in [-0.4, -0.2) is 35.3 Å². The summed E-state index contributed by atoms with van der Waals surface area (Å²) in [5.41, 5.74) is 0. The van der Waals surface area contributed by atoms with Gasteiger partial charge in [0.2, 0.25) is 17.4 Å². The van der Waals surface area contributed by atoms with Gasteiger partial charge in [-0.05, 0) is 19.3 Å². The Balaban J connectivity index is 4.94. The third kappa shape index (κ3) is 52.6. The Morgan fingerprint density at radius 1 is 0.247 bits per heavy atom. The highest BCUT2D eigenvalue weighted by molar-refractivity contribution is 7.41. The molecule has 0 bridgehead atoms. The maximum Gasteiger partial charge on any atom is 0.343 e. The summed E-state index contributed by atoms with van der Waals surface area (Å²) in [4.78, 5) is 39.2. The average molecular weight is 1060 g/mol. The number of hydrogen-bond acceptors (Lipinski definition) is 9. The molecule has 0 atom stereocenters. The monoisotopic (exact) mass is 1050 g/mol. The molecule has 0 aliphatic heterocycles. The van der Waals surface area contributed by atoms with E-state index in [9.17, 15) is 14.4 Å². The summed E-state index contributed by atoms with van der Waals surface area (Å²) in [6, 6.07) is 0. The first kappa shape index (κ1) is 71.7. The van der Waals surface area contributed by atoms with Crippen molar-refractivity contribution in [3.8, 4) is 0 Å². The van der Waals surface area contributed by atoms with Gasteiger partial charge in [0.25, 0.3) is 0 Å². The van der Waals surface area contributed by atoms with E-state index in [1.165, 1.54) is 231 Å². The Morgan fingerprint density at radius 2 is 0.384 bits per heavy atom. The van der Waals surface area contributed by atoms with Crippen LogP contribution in [0.2, 0.25) is 0 Å². The second kappa shape index (κ2) is 50.2. The van der Waals surface area contributed by atoms with E-state index in [2.05, 4.69) is 20.8 Å². The molecule has 0 radical (unpaired) electrons. The van der Waals surface area contributed by atoms with E-state index in [0.717, 1.165) is 57.8 Å². The summed E-state index contributed by atoms with van der Waals surface area (Å²) >= 11 is 0. The van der Waals surface area contributed by atoms with Gasteiger partial charge in [0.05, 0.1) is 0 Å². The van der Waals surface area contributed by atoms with Crippen LogP contribution in [0.1, 0.15) is 371 Å². The number of carbonyl (C=O) groups is 3. The number of esters is 3. The van der Waals surface area contributed by atoms with E-state index in [1.54, 1.807) is 41.5 Å². The highest BCUT2D eigenvalue weighted by Crippen LogP contribution is 2.51. The van der Waals surface area contributed by atoms with Gasteiger partial charge < -0.3 is 14.2 Å². The number of hydrogen-bond donors (Lipinski definition) is 0. The minimum Gasteiger partial charge on any atom is -0.433 e. The van der Waals surface area contributed by atoms with Gasteiger partial charge in [0, 0.05) is 60.8 Å². The lowest BCUT2D eigenvalue weighted by Gasteiger charge is -2.36. The van der Waals surface area contributed by atoms with Crippen LogP contribution in [0.15, 0.2) is 0 Å². The fourth-order valence-corrected chi connectivity index (χ4v) is 10.8. The third-order valence-corrected chi connectivity index (χ3v) is 15.7. The van der Waals surface area contributed by atoms with Crippen LogP contribution in [0.3, 0.4) is 0 Å². The normalized spacial score (nSPS) is 12.2. The van der Waals surface area contributed by atoms with Crippen LogP contribution in [0.5, 0.6) is 0 Å². The fraction of sp³-hybridized carbons (Fsp3) is 0.952. The molecule has 73 heavy (non-hydrogen) atoms. The minimum absolute atomic E-state index is 0.287. The quantitative estimate of drug-likeness (QED) is 0.0193. The SMILES string of the molecule is CCCCCCCCCCCCCCCCCC(=O)OC(C)(C)OP(OC(C)(C)OC(=O)CCCCCCCCCCCCCCCCC)OC(C)(C)OC(=O)CCCCCCCCCCCCCCCCC. The van der Waals surface area contributed by atoms with E-state index in [1.807, 2.05) is 0 Å². The topological polar surface area (TPSA) is 107 Å². The van der Waals surface area contributed by atoms with Gasteiger partial charge in [-0.2, -0.15) is 0 Å². The van der Waals surface area contributed by atoms with Gasteiger partial charge in [-0.3, -0.25) is 28.0 Å². The standard InChI is InChI=1S/C63H123O9P/c1-10-13-16-19-22-25-28-31-34-37-40-43-46-49-52-55-58(64)67-61(4,5)70-73(71-62(6,7)68-59(65)56-53-50-47-44-41-38-35-32-29-26-23-20-17-14-11-2)72-63(8,9)69-60(66)57-54-51-48-45-42-39-36-33-30-27-24-21-18-15-12-3/h10-57H2,1-9H3. The third-order valence-electron chi connectivity index (χ3n) is 13.9. The lowest BCUT2D eigenvalue weighted by atomic mass is 10.0. The molecular formula is C63H123O9P. The summed E-state index contributed by atoms with van der Waals surface area (Å²) in [5.74, 6) is -5.38. The molecule has 434 valence electrons. The van der Waals surface area contributed by atoms with Crippen LogP contribution in [-0.2, 0) is 42.2 Å². The molecule has 0 unspecified atom stereocenters. The first-order valence-electron chi connectivity index (χ1n) is 31.7. The zero-order chi connectivity index (χ0) is 54.0. The summed E-state index contributed by atoms with van der Waals surface area (Å²) in [7, 11) is -2.35. The van der Waals surface area contributed by atoms with Gasteiger partial charge >= 0.3 is 26.5 Å². The van der Waals surface area contributed by atoms with Gasteiger partial charge in [-0.15, -0.1) is 0 Å². The Bertz CT molecular complexity index is 1090. The zero-order valence-corrected chi connectivity index (χ0v) is 51.0. The van der Waals surface area contributed by atoms with Gasteiger partial charge in [0.1, 0.15) is 0 Å². The predicted molar refractivity (Wildman–Crippen MR) is 309 cm³/mol. The fourth-order valence-electron chi connectivity index (χ4n) is 9.55. The first-order chi connectivity index (χ1) is 35.1. The maximum atomic E-state index is 13.1. The van der Waals surface area contributed by atoms with Crippen LogP contribution in [0, 0.1) is 0 Å². The van der Waals surface area contributed by atoms with E-state index < -0.39 is 26.0 Å². The van der Waals surface area contributed by atoms with Crippen LogP contribution >= 0.6 is 8.60 Å². The van der Waals surface area contributed by atoms with Crippen LogP contribution in [0.25, 0.3) is 0 Å². The highest BCUT2D eigenvalue weighted by atomic mass is 31.2. The molecule has 0 aromatic rings. The van der Waals surface area contributed by atoms with Gasteiger partial charge in [0.15, 0.2) is 0 Å². The first-order valence-corrected chi connectivity index (χ1v) is 32.8. The molecule has 0 rings (SSSR count). The molecule has 0 saturated carbocycles. The number of rotatable bonds is 57. The Morgan fingerprint density at radius 3 is 0.534 bits per heavy atom. The van der Waals surface area contributed by atoms with Crippen molar-refractivity contribution in [3.05, 3.63) is 0 Å². The molecule has 0 heterocycles. The van der Waals surface area contributed by atoms with E-state index >= 15 is 0 Å². The zero-order valence-electron chi connectivity index (χ0n) is 50.1. The van der Waals surface area contributed by atoms with E-state index in [-0.39, 0.29) is 37.2 Å². The van der Waals surface area contributed by atoms with Gasteiger partial charge in [-0.1, -0.05) is 290 Å². The van der Waals surface area contributed by atoms with Crippen molar-refractivity contribution in [2.24, 2.45) is 0 Å². The highest BCUT2D eigenvalue weighted by Gasteiger charge is 2.40. The van der Waals surface area contributed by atoms with Crippen LogP contribution < -0.4 is 0 Å². The smallest absolute Gasteiger partial charge is 0.343 e. The largest absolute Gasteiger partial charge is 0.433 e. The predicted octanol–water partition coefficient (Wildman–Crippen LogP) is 21.9. The summed E-state index contributed by atoms with van der Waals surface area (Å²) in [6.45, 7) is 16.7. The van der Waals surface area contributed by atoms with Crippen molar-refractivity contribution in [1.29, 1.82) is 0 Å². The van der Waals surface area contributed by atoms with Gasteiger partial charge in [-0.25, -0.2) is 0 Å². The number of ether oxygens (including phenoxy) is 3. The van der Waals surface area contributed by atoms with Crippen LogP contribution in [0.4, 0.5) is 0 Å². The minimum atomic E-state index is -2.35. The average Bonchev–Trinajstić information content (AvgIpc) is 3.31. The molecule has 0 aliphatic carbocycles. The molecular weight excluding hydrogens is 932 g/mol. The molecule has 9 nitrogen and oxygen atoms in total. The second-order valence-electron chi connectivity index (χ2n) is 23.2. The summed E-state index contributed by atoms with van der Waals surface area (Å²) < 4.78 is 36.2. The van der Waals surface area contributed by atoms with Crippen molar-refractivity contribution in [3.63, 3.8) is 0 Å². The van der Waals surface area contributed by atoms with Crippen molar-refractivity contribution in [2.75, 3.05) is 0 Å². The molecule has 0 spiro atoms. The molecule has 10 heteroatoms. The summed E-state index contributed by atoms with van der Waals surface area (Å²) in [5, 5.41) is 0. The van der Waals surface area contributed by atoms with E-state index in [4.69, 9.17) is 27.8 Å². The molecule has 0 amide bonds. The van der Waals surface area contributed by atoms with E-state index in [0.29, 0.717) is 0 Å². The van der Waals surface area contributed by atoms with Crippen molar-refractivity contribution in [1.82, 2.24) is 0 Å². The Labute approximate surface area is 454 Å². The number of unbranched alkanes of at least 4 members (excludes halogenated alkanes) is 42. The van der Waals surface area contributed by atoms with Crippen molar-refractivity contribution >= 4 is 26.5 Å². The molecule has 0 fully saturated rings. The Hall–Kier alpha value is -1.28. The maximum absolute atomic E-state index is 13.1. The van der Waals surface area contributed by atoms with Crippen molar-refractivity contribution in [2.45, 2.75) is 388 Å². The second-order valence-corrected chi connectivity index (χ2v) is 24.2. The molecule has 0 aromatic carbocycles. The lowest BCUT2D eigenvalue weighted by molar-refractivity contribution is -0.218. The molecule has 0 aliphatic rings. The lowest BCUT2D eigenvalue weighted by Crippen LogP contribution is -2.37. The summed E-state index contributed by atoms with van der Waals surface area (Å²) in [6.07, 6.45) is 57.4. The molecule has 0 N–H and O–H groups in total. The molecule has 0 saturated heterocycles. The number of carbonyl (C=O) groups excluding carboxylic acids is 3. The molecule has 0 aromatic heterocycles. The Kier molecular flexibility index (Phi) is 49.4. The van der Waals surface area contributed by atoms with Crippen molar-refractivity contribution < 1.29 is 42.2 Å².